The molecule has 0 bridgehead atoms. The maximum atomic E-state index is 11.4. The Morgan fingerprint density at radius 2 is 2.08 bits per heavy atom. The summed E-state index contributed by atoms with van der Waals surface area (Å²) in [6, 6.07) is 0. The molecule has 0 aliphatic carbocycles. The van der Waals surface area contributed by atoms with Crippen LogP contribution < -0.4 is 0 Å². The normalized spacial score (nSPS) is 20.9. The Kier molecular flexibility index (Phi) is 2.11. The third-order valence-corrected chi connectivity index (χ3v) is 2.01. The van der Waals surface area contributed by atoms with Gasteiger partial charge in [0.15, 0.2) is 0 Å². The molecule has 0 atom stereocenters. The summed E-state index contributed by atoms with van der Waals surface area (Å²) in [5.74, 6) is -1.98. The maximum absolute atomic E-state index is 11.4. The topological polar surface area (TPSA) is 74.7 Å². The highest BCUT2D eigenvalue weighted by atomic mass is 16.4. The van der Waals surface area contributed by atoms with Crippen molar-refractivity contribution in [1.82, 2.24) is 4.90 Å². The number of imide groups is 1. The van der Waals surface area contributed by atoms with Crippen LogP contribution >= 0.6 is 0 Å². The van der Waals surface area contributed by atoms with Crippen LogP contribution in [0.4, 0.5) is 0 Å². The van der Waals surface area contributed by atoms with Crippen molar-refractivity contribution in [3.8, 4) is 0 Å². The van der Waals surface area contributed by atoms with Gasteiger partial charge in [-0.2, -0.15) is 0 Å². The van der Waals surface area contributed by atoms with E-state index in [2.05, 4.69) is 0 Å². The summed E-state index contributed by atoms with van der Waals surface area (Å²) in [7, 11) is 0. The number of carboxylic acid groups (broad SMARTS) is 1. The number of hydrogen-bond donors (Lipinski definition) is 1. The van der Waals surface area contributed by atoms with Gasteiger partial charge in [-0.15, -0.1) is 0 Å². The average Bonchev–Trinajstić information content (AvgIpc) is 2.12. The fourth-order valence-electron chi connectivity index (χ4n) is 1.32. The van der Waals surface area contributed by atoms with Crippen LogP contribution in [0, 0.1) is 5.41 Å². The first-order chi connectivity index (χ1) is 5.84. The molecule has 0 saturated carbocycles. The SMILES string of the molecule is CC1(C)CC(=O)N(CC(=O)O)C1=O. The third-order valence-electron chi connectivity index (χ3n) is 2.01. The lowest BCUT2D eigenvalue weighted by Gasteiger charge is -2.15. The minimum absolute atomic E-state index is 0.0963. The summed E-state index contributed by atoms with van der Waals surface area (Å²) in [4.78, 5) is 33.7. The van der Waals surface area contributed by atoms with E-state index in [4.69, 9.17) is 5.11 Å². The number of hydrogen-bond acceptors (Lipinski definition) is 3. The van der Waals surface area contributed by atoms with Crippen molar-refractivity contribution in [2.24, 2.45) is 5.41 Å². The molecular formula is C8H11NO4. The molecule has 1 N–H and O–H groups in total. The van der Waals surface area contributed by atoms with Gasteiger partial charge < -0.3 is 5.11 Å². The number of carboxylic acids is 1. The molecule has 0 aromatic rings. The Bertz CT molecular complexity index is 282. The van der Waals surface area contributed by atoms with Gasteiger partial charge in [0.2, 0.25) is 11.8 Å². The summed E-state index contributed by atoms with van der Waals surface area (Å²) in [6.45, 7) is 2.74. The lowest BCUT2D eigenvalue weighted by atomic mass is 9.92. The number of carbonyl (C=O) groups excluding carboxylic acids is 2. The maximum Gasteiger partial charge on any atom is 0.323 e. The van der Waals surface area contributed by atoms with Crippen molar-refractivity contribution >= 4 is 17.8 Å². The Morgan fingerprint density at radius 1 is 1.54 bits per heavy atom. The standard InChI is InChI=1S/C8H11NO4/c1-8(2)3-5(10)9(7(8)13)4-6(11)12/h3-4H2,1-2H3,(H,11,12). The van der Waals surface area contributed by atoms with Gasteiger partial charge in [-0.05, 0) is 0 Å². The van der Waals surface area contributed by atoms with Crippen LogP contribution in [-0.4, -0.2) is 34.3 Å². The number of rotatable bonds is 2. The molecule has 0 aromatic heterocycles. The summed E-state index contributed by atoms with van der Waals surface area (Å²) in [5, 5.41) is 8.43. The minimum atomic E-state index is -1.17. The van der Waals surface area contributed by atoms with E-state index in [1.165, 1.54) is 0 Å². The smallest absolute Gasteiger partial charge is 0.323 e. The molecule has 72 valence electrons. The minimum Gasteiger partial charge on any atom is -0.480 e. The van der Waals surface area contributed by atoms with Crippen LogP contribution in [0.1, 0.15) is 20.3 Å². The molecule has 1 fully saturated rings. The van der Waals surface area contributed by atoms with E-state index in [1.807, 2.05) is 0 Å². The van der Waals surface area contributed by atoms with Crippen LogP contribution in [-0.2, 0) is 14.4 Å². The fraction of sp³-hybridized carbons (Fsp3) is 0.625. The highest BCUT2D eigenvalue weighted by molar-refractivity contribution is 6.07. The van der Waals surface area contributed by atoms with E-state index in [0.717, 1.165) is 4.90 Å². The highest BCUT2D eigenvalue weighted by Gasteiger charge is 2.45. The Hall–Kier alpha value is -1.39. The molecule has 1 saturated heterocycles. The van der Waals surface area contributed by atoms with Crippen molar-refractivity contribution in [3.05, 3.63) is 0 Å². The number of nitrogens with zero attached hydrogens (tertiary/aromatic N) is 1. The average molecular weight is 185 g/mol. The second kappa shape index (κ2) is 2.83. The van der Waals surface area contributed by atoms with E-state index in [1.54, 1.807) is 13.8 Å². The van der Waals surface area contributed by atoms with Gasteiger partial charge in [-0.1, -0.05) is 13.8 Å². The fourth-order valence-corrected chi connectivity index (χ4v) is 1.32. The molecule has 0 aromatic carbocycles. The van der Waals surface area contributed by atoms with Crippen molar-refractivity contribution in [3.63, 3.8) is 0 Å². The van der Waals surface area contributed by atoms with Crippen LogP contribution in [0.5, 0.6) is 0 Å². The van der Waals surface area contributed by atoms with Gasteiger partial charge in [-0.3, -0.25) is 19.3 Å². The van der Waals surface area contributed by atoms with Crippen LogP contribution in [0.3, 0.4) is 0 Å². The van der Waals surface area contributed by atoms with E-state index in [0.29, 0.717) is 0 Å². The summed E-state index contributed by atoms with van der Waals surface area (Å²) in [6.07, 6.45) is 0.0963. The van der Waals surface area contributed by atoms with E-state index in [-0.39, 0.29) is 6.42 Å². The molecular weight excluding hydrogens is 174 g/mol. The van der Waals surface area contributed by atoms with Crippen LogP contribution in [0.25, 0.3) is 0 Å². The van der Waals surface area contributed by atoms with Crippen molar-refractivity contribution in [2.45, 2.75) is 20.3 Å². The molecule has 5 nitrogen and oxygen atoms in total. The molecule has 5 heteroatoms. The van der Waals surface area contributed by atoms with E-state index < -0.39 is 29.7 Å². The van der Waals surface area contributed by atoms with Crippen molar-refractivity contribution < 1.29 is 19.5 Å². The predicted molar refractivity (Wildman–Crippen MR) is 42.8 cm³/mol. The molecule has 13 heavy (non-hydrogen) atoms. The summed E-state index contributed by atoms with van der Waals surface area (Å²) in [5.41, 5.74) is -0.744. The highest BCUT2D eigenvalue weighted by Crippen LogP contribution is 2.31. The van der Waals surface area contributed by atoms with Crippen molar-refractivity contribution in [2.75, 3.05) is 6.54 Å². The zero-order valence-electron chi connectivity index (χ0n) is 7.53. The number of carbonyl (C=O) groups is 3. The van der Waals surface area contributed by atoms with Gasteiger partial charge >= 0.3 is 5.97 Å². The van der Waals surface area contributed by atoms with E-state index in [9.17, 15) is 14.4 Å². The van der Waals surface area contributed by atoms with Crippen LogP contribution in [0.15, 0.2) is 0 Å². The Balaban J connectivity index is 2.83. The van der Waals surface area contributed by atoms with Crippen molar-refractivity contribution in [1.29, 1.82) is 0 Å². The molecule has 1 heterocycles. The summed E-state index contributed by atoms with van der Waals surface area (Å²) < 4.78 is 0. The van der Waals surface area contributed by atoms with Crippen LogP contribution in [0.2, 0.25) is 0 Å². The second-order valence-electron chi connectivity index (χ2n) is 3.74. The number of likely N-dealkylation sites (tertiary alicyclic amines) is 1. The molecule has 1 aliphatic heterocycles. The first-order valence-corrected chi connectivity index (χ1v) is 3.91. The van der Waals surface area contributed by atoms with E-state index >= 15 is 0 Å². The largest absolute Gasteiger partial charge is 0.480 e. The quantitative estimate of drug-likeness (QED) is 0.607. The third kappa shape index (κ3) is 1.68. The van der Waals surface area contributed by atoms with Gasteiger partial charge in [0, 0.05) is 6.42 Å². The van der Waals surface area contributed by atoms with Gasteiger partial charge in [-0.25, -0.2) is 0 Å². The Labute approximate surface area is 75.3 Å². The molecule has 0 unspecified atom stereocenters. The molecule has 2 amide bonds. The second-order valence-corrected chi connectivity index (χ2v) is 3.74. The monoisotopic (exact) mass is 185 g/mol. The molecule has 1 rings (SSSR count). The lowest BCUT2D eigenvalue weighted by Crippen LogP contribution is -2.37. The number of aliphatic carboxylic acids is 1. The Morgan fingerprint density at radius 3 is 2.38 bits per heavy atom. The van der Waals surface area contributed by atoms with Gasteiger partial charge in [0.1, 0.15) is 6.54 Å². The molecule has 0 spiro atoms. The zero-order chi connectivity index (χ0) is 10.2. The first kappa shape index (κ1) is 9.70. The first-order valence-electron chi connectivity index (χ1n) is 3.91. The lowest BCUT2D eigenvalue weighted by molar-refractivity contribution is -0.149. The number of amides is 2. The van der Waals surface area contributed by atoms with Gasteiger partial charge in [0.25, 0.3) is 0 Å². The predicted octanol–water partition coefficient (Wildman–Crippen LogP) is -0.144. The molecule has 1 aliphatic rings. The molecule has 0 radical (unpaired) electrons. The summed E-state index contributed by atoms with van der Waals surface area (Å²) >= 11 is 0. The van der Waals surface area contributed by atoms with Gasteiger partial charge in [0.05, 0.1) is 5.41 Å². The zero-order valence-corrected chi connectivity index (χ0v) is 7.53.